The number of benzene rings is 2. The van der Waals surface area contributed by atoms with Crippen molar-refractivity contribution in [2.75, 3.05) is 26.6 Å². The molecule has 31 heavy (non-hydrogen) atoms. The van der Waals surface area contributed by atoms with Gasteiger partial charge in [0, 0.05) is 11.4 Å². The lowest BCUT2D eigenvalue weighted by molar-refractivity contribution is -0.113. The Morgan fingerprint density at radius 2 is 1.61 bits per heavy atom. The lowest BCUT2D eigenvalue weighted by Gasteiger charge is -2.29. The summed E-state index contributed by atoms with van der Waals surface area (Å²) in [6.45, 7) is 5.58. The Kier molecular flexibility index (Phi) is 6.39. The van der Waals surface area contributed by atoms with E-state index < -0.39 is 12.1 Å². The van der Waals surface area contributed by atoms with Crippen LogP contribution >= 0.6 is 0 Å². The van der Waals surface area contributed by atoms with E-state index in [0.717, 1.165) is 11.1 Å². The number of methoxy groups -OCH3 is 3. The van der Waals surface area contributed by atoms with Gasteiger partial charge in [0.05, 0.1) is 32.9 Å². The lowest BCUT2D eigenvalue weighted by Crippen LogP contribution is -2.46. The van der Waals surface area contributed by atoms with Crippen molar-refractivity contribution in [2.45, 2.75) is 26.8 Å². The van der Waals surface area contributed by atoms with Crippen molar-refractivity contribution in [2.24, 2.45) is 0 Å². The first-order valence-corrected chi connectivity index (χ1v) is 9.75. The fourth-order valence-electron chi connectivity index (χ4n) is 3.57. The highest BCUT2D eigenvalue weighted by atomic mass is 16.5. The van der Waals surface area contributed by atoms with Gasteiger partial charge in [-0.1, -0.05) is 12.1 Å². The third-order valence-corrected chi connectivity index (χ3v) is 5.18. The van der Waals surface area contributed by atoms with Crippen LogP contribution in [0.25, 0.3) is 0 Å². The number of hydrogen-bond donors (Lipinski definition) is 3. The van der Waals surface area contributed by atoms with Crippen molar-refractivity contribution < 1.29 is 23.8 Å². The largest absolute Gasteiger partial charge is 0.493 e. The van der Waals surface area contributed by atoms with Gasteiger partial charge in [0.1, 0.15) is 0 Å². The molecule has 3 rings (SSSR count). The number of amides is 3. The quantitative estimate of drug-likeness (QED) is 0.657. The highest BCUT2D eigenvalue weighted by Gasteiger charge is 2.33. The number of hydrogen-bond acceptors (Lipinski definition) is 5. The maximum Gasteiger partial charge on any atom is 0.319 e. The number of aryl methyl sites for hydroxylation is 2. The van der Waals surface area contributed by atoms with Gasteiger partial charge in [0.15, 0.2) is 11.5 Å². The van der Waals surface area contributed by atoms with E-state index in [1.54, 1.807) is 19.1 Å². The average molecular weight is 425 g/mol. The highest BCUT2D eigenvalue weighted by Crippen LogP contribution is 2.41. The molecule has 1 atom stereocenters. The predicted octanol–water partition coefficient (Wildman–Crippen LogP) is 3.60. The van der Waals surface area contributed by atoms with Crippen molar-refractivity contribution in [1.29, 1.82) is 0 Å². The molecule has 0 aromatic heterocycles. The van der Waals surface area contributed by atoms with Crippen LogP contribution in [-0.4, -0.2) is 33.3 Å². The van der Waals surface area contributed by atoms with Crippen LogP contribution < -0.4 is 30.2 Å². The van der Waals surface area contributed by atoms with Crippen LogP contribution in [0.2, 0.25) is 0 Å². The first-order chi connectivity index (χ1) is 14.8. The summed E-state index contributed by atoms with van der Waals surface area (Å²) >= 11 is 0. The van der Waals surface area contributed by atoms with Gasteiger partial charge in [-0.25, -0.2) is 4.79 Å². The fraction of sp³-hybridized carbons (Fsp3) is 0.304. The zero-order chi connectivity index (χ0) is 22.7. The topological polar surface area (TPSA) is 97.9 Å². The first kappa shape index (κ1) is 22.0. The fourth-order valence-corrected chi connectivity index (χ4v) is 3.57. The van der Waals surface area contributed by atoms with E-state index in [9.17, 15) is 9.59 Å². The van der Waals surface area contributed by atoms with Gasteiger partial charge >= 0.3 is 6.03 Å². The number of anilines is 1. The Balaban J connectivity index is 2.06. The van der Waals surface area contributed by atoms with E-state index >= 15 is 0 Å². The van der Waals surface area contributed by atoms with Gasteiger partial charge in [-0.2, -0.15) is 0 Å². The summed E-state index contributed by atoms with van der Waals surface area (Å²) in [5, 5.41) is 8.48. The van der Waals surface area contributed by atoms with Gasteiger partial charge in [-0.15, -0.1) is 0 Å². The molecule has 1 heterocycles. The van der Waals surface area contributed by atoms with Crippen molar-refractivity contribution in [3.8, 4) is 17.2 Å². The summed E-state index contributed by atoms with van der Waals surface area (Å²) in [5.74, 6) is 0.960. The second-order valence-corrected chi connectivity index (χ2v) is 7.30. The number of urea groups is 1. The minimum atomic E-state index is -0.715. The molecule has 164 valence electrons. The zero-order valence-electron chi connectivity index (χ0n) is 18.5. The molecule has 0 spiro atoms. The molecule has 2 aromatic rings. The second-order valence-electron chi connectivity index (χ2n) is 7.30. The molecule has 0 aliphatic carbocycles. The predicted molar refractivity (Wildman–Crippen MR) is 118 cm³/mol. The SMILES string of the molecule is COc1cc([C@H]2NC(=O)NC(C)=C2C(=O)Nc2cc(C)ccc2C)cc(OC)c1OC. The summed E-state index contributed by atoms with van der Waals surface area (Å²) in [6, 6.07) is 8.16. The van der Waals surface area contributed by atoms with Crippen molar-refractivity contribution in [3.05, 3.63) is 58.3 Å². The average Bonchev–Trinajstić information content (AvgIpc) is 2.74. The molecule has 8 heteroatoms. The molecule has 1 aliphatic heterocycles. The number of ether oxygens (including phenoxy) is 3. The molecule has 0 unspecified atom stereocenters. The second kappa shape index (κ2) is 8.99. The van der Waals surface area contributed by atoms with Crippen molar-refractivity contribution in [1.82, 2.24) is 10.6 Å². The Labute approximate surface area is 181 Å². The lowest BCUT2D eigenvalue weighted by atomic mass is 9.94. The van der Waals surface area contributed by atoms with Gasteiger partial charge < -0.3 is 30.2 Å². The van der Waals surface area contributed by atoms with E-state index in [4.69, 9.17) is 14.2 Å². The van der Waals surface area contributed by atoms with Crippen LogP contribution in [0.15, 0.2) is 41.6 Å². The normalized spacial score (nSPS) is 15.7. The highest BCUT2D eigenvalue weighted by molar-refractivity contribution is 6.07. The molecule has 1 aliphatic rings. The van der Waals surface area contributed by atoms with Gasteiger partial charge in [0.25, 0.3) is 5.91 Å². The molecule has 0 fully saturated rings. The molecule has 3 N–H and O–H groups in total. The number of nitrogens with one attached hydrogen (secondary N) is 3. The van der Waals surface area contributed by atoms with E-state index in [-0.39, 0.29) is 5.91 Å². The molecule has 0 bridgehead atoms. The summed E-state index contributed by atoms with van der Waals surface area (Å²) in [4.78, 5) is 25.6. The van der Waals surface area contributed by atoms with Crippen LogP contribution in [0.3, 0.4) is 0 Å². The van der Waals surface area contributed by atoms with Crippen LogP contribution in [-0.2, 0) is 4.79 Å². The smallest absolute Gasteiger partial charge is 0.319 e. The minimum absolute atomic E-state index is 0.322. The third kappa shape index (κ3) is 4.42. The van der Waals surface area contributed by atoms with Crippen LogP contribution in [0.1, 0.15) is 29.7 Å². The Morgan fingerprint density at radius 1 is 0.968 bits per heavy atom. The zero-order valence-corrected chi connectivity index (χ0v) is 18.5. The molecule has 0 radical (unpaired) electrons. The van der Waals surface area contributed by atoms with Crippen molar-refractivity contribution >= 4 is 17.6 Å². The van der Waals surface area contributed by atoms with E-state index in [0.29, 0.717) is 39.8 Å². The maximum absolute atomic E-state index is 13.3. The minimum Gasteiger partial charge on any atom is -0.493 e. The molecular weight excluding hydrogens is 398 g/mol. The van der Waals surface area contributed by atoms with Crippen molar-refractivity contribution in [3.63, 3.8) is 0 Å². The number of rotatable bonds is 6. The van der Waals surface area contributed by atoms with E-state index in [2.05, 4.69) is 16.0 Å². The van der Waals surface area contributed by atoms with Crippen LogP contribution in [0.4, 0.5) is 10.5 Å². The summed E-state index contributed by atoms with van der Waals surface area (Å²) in [6.07, 6.45) is 0. The number of allylic oxidation sites excluding steroid dienone is 1. The van der Waals surface area contributed by atoms with Gasteiger partial charge in [-0.05, 0) is 55.7 Å². The van der Waals surface area contributed by atoms with Crippen LogP contribution in [0.5, 0.6) is 17.2 Å². The van der Waals surface area contributed by atoms with Gasteiger partial charge in [0.2, 0.25) is 5.75 Å². The third-order valence-electron chi connectivity index (χ3n) is 5.18. The number of carbonyl (C=O) groups excluding carboxylic acids is 2. The van der Waals surface area contributed by atoms with Crippen LogP contribution in [0, 0.1) is 13.8 Å². The molecule has 0 saturated heterocycles. The maximum atomic E-state index is 13.3. The Hall–Kier alpha value is -3.68. The monoisotopic (exact) mass is 425 g/mol. The Bertz CT molecular complexity index is 1040. The molecule has 2 aromatic carbocycles. The molecule has 8 nitrogen and oxygen atoms in total. The number of carbonyl (C=O) groups is 2. The van der Waals surface area contributed by atoms with E-state index in [1.807, 2.05) is 32.0 Å². The summed E-state index contributed by atoms with van der Waals surface area (Å²) in [7, 11) is 4.54. The molecular formula is C23H27N3O5. The summed E-state index contributed by atoms with van der Waals surface area (Å²) in [5.41, 5.74) is 4.15. The molecule has 3 amide bonds. The molecule has 0 saturated carbocycles. The summed E-state index contributed by atoms with van der Waals surface area (Å²) < 4.78 is 16.2. The standard InChI is InChI=1S/C23H27N3O5/c1-12-7-8-13(2)16(9-12)25-22(27)19-14(3)24-23(28)26-20(19)15-10-17(29-4)21(31-6)18(11-15)30-5/h7-11,20H,1-6H3,(H,25,27)(H2,24,26,28)/t20-/m1/s1. The Morgan fingerprint density at radius 3 is 2.19 bits per heavy atom. The first-order valence-electron chi connectivity index (χ1n) is 9.75. The van der Waals surface area contributed by atoms with E-state index in [1.165, 1.54) is 21.3 Å². The van der Waals surface area contributed by atoms with Gasteiger partial charge in [-0.3, -0.25) is 4.79 Å².